The molecule has 1 nitrogen and oxygen atoms in total. The van der Waals surface area contributed by atoms with Crippen LogP contribution in [0.2, 0.25) is 5.02 Å². The molecule has 1 rings (SSSR count). The third-order valence-corrected chi connectivity index (χ3v) is 2.52. The first-order valence-electron chi connectivity index (χ1n) is 5.12. The van der Waals surface area contributed by atoms with Gasteiger partial charge in [0.15, 0.2) is 0 Å². The summed E-state index contributed by atoms with van der Waals surface area (Å²) in [5, 5.41) is 0.774. The SMILES string of the molecule is CCC(CC)OCc1cccc(Cl)c1. The second kappa shape index (κ2) is 6.05. The van der Waals surface area contributed by atoms with Gasteiger partial charge in [0.1, 0.15) is 0 Å². The van der Waals surface area contributed by atoms with E-state index >= 15 is 0 Å². The summed E-state index contributed by atoms with van der Waals surface area (Å²) in [5.41, 5.74) is 1.14. The lowest BCUT2D eigenvalue weighted by atomic mass is 10.2. The summed E-state index contributed by atoms with van der Waals surface area (Å²) in [7, 11) is 0. The normalized spacial score (nSPS) is 10.9. The summed E-state index contributed by atoms with van der Waals surface area (Å²) in [5.74, 6) is 0. The van der Waals surface area contributed by atoms with Gasteiger partial charge in [-0.1, -0.05) is 37.6 Å². The number of halogens is 1. The van der Waals surface area contributed by atoms with Crippen LogP contribution in [0.25, 0.3) is 0 Å². The molecule has 14 heavy (non-hydrogen) atoms. The number of hydrogen-bond acceptors (Lipinski definition) is 1. The Labute approximate surface area is 91.0 Å². The molecule has 0 aliphatic heterocycles. The highest BCUT2D eigenvalue weighted by molar-refractivity contribution is 6.30. The molecule has 1 aromatic carbocycles. The van der Waals surface area contributed by atoms with E-state index in [1.165, 1.54) is 0 Å². The fraction of sp³-hybridized carbons (Fsp3) is 0.500. The lowest BCUT2D eigenvalue weighted by molar-refractivity contribution is 0.0358. The monoisotopic (exact) mass is 212 g/mol. The number of hydrogen-bond donors (Lipinski definition) is 0. The highest BCUT2D eigenvalue weighted by atomic mass is 35.5. The maximum Gasteiger partial charge on any atom is 0.0721 e. The Hall–Kier alpha value is -0.530. The first kappa shape index (κ1) is 11.5. The first-order chi connectivity index (χ1) is 6.76. The third-order valence-electron chi connectivity index (χ3n) is 2.29. The zero-order valence-electron chi connectivity index (χ0n) is 8.79. The van der Waals surface area contributed by atoms with Crippen LogP contribution in [0.4, 0.5) is 0 Å². The molecule has 0 amide bonds. The molecule has 0 aliphatic carbocycles. The topological polar surface area (TPSA) is 9.23 Å². The largest absolute Gasteiger partial charge is 0.374 e. The van der Waals surface area contributed by atoms with Crippen LogP contribution >= 0.6 is 11.6 Å². The number of rotatable bonds is 5. The summed E-state index contributed by atoms with van der Waals surface area (Å²) in [6, 6.07) is 7.81. The summed E-state index contributed by atoms with van der Waals surface area (Å²) in [4.78, 5) is 0. The summed E-state index contributed by atoms with van der Waals surface area (Å²) >= 11 is 5.87. The van der Waals surface area contributed by atoms with Gasteiger partial charge < -0.3 is 4.74 Å². The zero-order chi connectivity index (χ0) is 10.4. The Kier molecular flexibility index (Phi) is 4.99. The molecule has 0 N–H and O–H groups in total. The molecule has 2 heteroatoms. The van der Waals surface area contributed by atoms with Crippen molar-refractivity contribution in [3.05, 3.63) is 34.9 Å². The van der Waals surface area contributed by atoms with Crippen molar-refractivity contribution >= 4 is 11.6 Å². The maximum absolute atomic E-state index is 5.87. The minimum atomic E-state index is 0.369. The van der Waals surface area contributed by atoms with E-state index in [-0.39, 0.29) is 0 Å². The fourth-order valence-corrected chi connectivity index (χ4v) is 1.58. The minimum absolute atomic E-state index is 0.369. The van der Waals surface area contributed by atoms with Crippen LogP contribution in [0.3, 0.4) is 0 Å². The van der Waals surface area contributed by atoms with Gasteiger partial charge in [-0.3, -0.25) is 0 Å². The quantitative estimate of drug-likeness (QED) is 0.716. The van der Waals surface area contributed by atoms with Gasteiger partial charge in [0.2, 0.25) is 0 Å². The Morgan fingerprint density at radius 3 is 2.57 bits per heavy atom. The van der Waals surface area contributed by atoms with Crippen LogP contribution in [0.1, 0.15) is 32.3 Å². The van der Waals surface area contributed by atoms with E-state index in [9.17, 15) is 0 Å². The highest BCUT2D eigenvalue weighted by Crippen LogP contribution is 2.13. The molecule has 1 aromatic rings. The van der Waals surface area contributed by atoms with Gasteiger partial charge >= 0.3 is 0 Å². The molecule has 78 valence electrons. The number of benzene rings is 1. The van der Waals surface area contributed by atoms with Crippen LogP contribution in [0, 0.1) is 0 Å². The van der Waals surface area contributed by atoms with Crippen LogP contribution < -0.4 is 0 Å². The van der Waals surface area contributed by atoms with E-state index in [2.05, 4.69) is 13.8 Å². The predicted octanol–water partition coefficient (Wildman–Crippen LogP) is 4.05. The number of ether oxygens (including phenoxy) is 1. The van der Waals surface area contributed by atoms with Gasteiger partial charge in [-0.05, 0) is 30.5 Å². The lowest BCUT2D eigenvalue weighted by Gasteiger charge is -2.13. The van der Waals surface area contributed by atoms with Crippen LogP contribution in [-0.4, -0.2) is 6.10 Å². The molecule has 0 bridgehead atoms. The molecule has 0 radical (unpaired) electrons. The van der Waals surface area contributed by atoms with Crippen molar-refractivity contribution in [2.24, 2.45) is 0 Å². The van der Waals surface area contributed by atoms with Crippen LogP contribution in [0.5, 0.6) is 0 Å². The van der Waals surface area contributed by atoms with Gasteiger partial charge in [0.05, 0.1) is 12.7 Å². The van der Waals surface area contributed by atoms with E-state index < -0.39 is 0 Å². The Bertz CT molecular complexity index is 269. The smallest absolute Gasteiger partial charge is 0.0721 e. The van der Waals surface area contributed by atoms with E-state index in [1.54, 1.807) is 0 Å². The molecule has 0 spiro atoms. The molecule has 0 atom stereocenters. The molecule has 0 aliphatic rings. The second-order valence-corrected chi connectivity index (χ2v) is 3.82. The van der Waals surface area contributed by atoms with Crippen molar-refractivity contribution in [3.8, 4) is 0 Å². The summed E-state index contributed by atoms with van der Waals surface area (Å²) < 4.78 is 5.72. The van der Waals surface area contributed by atoms with Gasteiger partial charge in [-0.2, -0.15) is 0 Å². The van der Waals surface area contributed by atoms with Crippen LogP contribution in [0.15, 0.2) is 24.3 Å². The van der Waals surface area contributed by atoms with Crippen molar-refractivity contribution in [2.45, 2.75) is 39.4 Å². The van der Waals surface area contributed by atoms with Gasteiger partial charge in [-0.25, -0.2) is 0 Å². The first-order valence-corrected chi connectivity index (χ1v) is 5.50. The standard InChI is InChI=1S/C12H17ClO/c1-3-12(4-2)14-9-10-6-5-7-11(13)8-10/h5-8,12H,3-4,9H2,1-2H3. The molecular formula is C12H17ClO. The molecule has 0 aromatic heterocycles. The molecule has 0 fully saturated rings. The van der Waals surface area contributed by atoms with Crippen LogP contribution in [-0.2, 0) is 11.3 Å². The van der Waals surface area contributed by atoms with E-state index in [4.69, 9.17) is 16.3 Å². The molecular weight excluding hydrogens is 196 g/mol. The Balaban J connectivity index is 2.44. The highest BCUT2D eigenvalue weighted by Gasteiger charge is 2.03. The van der Waals surface area contributed by atoms with Crippen molar-refractivity contribution in [2.75, 3.05) is 0 Å². The second-order valence-electron chi connectivity index (χ2n) is 3.38. The molecule has 0 saturated carbocycles. The molecule has 0 unspecified atom stereocenters. The van der Waals surface area contributed by atoms with E-state index in [0.29, 0.717) is 12.7 Å². The minimum Gasteiger partial charge on any atom is -0.374 e. The molecule has 0 heterocycles. The Morgan fingerprint density at radius 2 is 2.00 bits per heavy atom. The maximum atomic E-state index is 5.87. The average Bonchev–Trinajstić information content (AvgIpc) is 2.19. The average molecular weight is 213 g/mol. The molecule has 0 saturated heterocycles. The summed E-state index contributed by atoms with van der Waals surface area (Å²) in [6.07, 6.45) is 2.50. The predicted molar refractivity (Wildman–Crippen MR) is 60.6 cm³/mol. The van der Waals surface area contributed by atoms with Crippen molar-refractivity contribution in [3.63, 3.8) is 0 Å². The van der Waals surface area contributed by atoms with Gasteiger partial charge in [0.25, 0.3) is 0 Å². The lowest BCUT2D eigenvalue weighted by Crippen LogP contribution is -2.09. The van der Waals surface area contributed by atoms with Gasteiger partial charge in [0, 0.05) is 5.02 Å². The third kappa shape index (κ3) is 3.69. The van der Waals surface area contributed by atoms with E-state index in [1.807, 2.05) is 24.3 Å². The summed E-state index contributed by atoms with van der Waals surface area (Å²) in [6.45, 7) is 4.95. The van der Waals surface area contributed by atoms with Crippen molar-refractivity contribution in [1.82, 2.24) is 0 Å². The zero-order valence-corrected chi connectivity index (χ0v) is 9.55. The van der Waals surface area contributed by atoms with Crippen molar-refractivity contribution in [1.29, 1.82) is 0 Å². The van der Waals surface area contributed by atoms with E-state index in [0.717, 1.165) is 23.4 Å². The van der Waals surface area contributed by atoms with Gasteiger partial charge in [-0.15, -0.1) is 0 Å². The van der Waals surface area contributed by atoms with Crippen molar-refractivity contribution < 1.29 is 4.74 Å². The fourth-order valence-electron chi connectivity index (χ4n) is 1.37. The Morgan fingerprint density at radius 1 is 1.29 bits per heavy atom.